The third-order valence-electron chi connectivity index (χ3n) is 4.90. The Labute approximate surface area is 148 Å². The Morgan fingerprint density at radius 2 is 1.36 bits per heavy atom. The number of phenolic OH excluding ortho intramolecular Hbond substituents is 1. The second-order valence-electron chi connectivity index (χ2n) is 6.61. The number of aromatic hydroxyl groups is 1. The fraction of sp³-hybridized carbons (Fsp3) is 0.421. The van der Waals surface area contributed by atoms with Crippen molar-refractivity contribution in [2.75, 3.05) is 40.4 Å². The summed E-state index contributed by atoms with van der Waals surface area (Å²) in [5, 5.41) is 10.0. The number of hydrogen-bond acceptors (Lipinski definition) is 3. The van der Waals surface area contributed by atoms with E-state index in [4.69, 9.17) is 9.47 Å². The summed E-state index contributed by atoms with van der Waals surface area (Å²) in [4.78, 5) is 6.27. The molecule has 0 bridgehead atoms. The first-order valence-corrected chi connectivity index (χ1v) is 8.75. The van der Waals surface area contributed by atoms with E-state index < -0.39 is 0 Å². The zero-order chi connectivity index (χ0) is 17.6. The van der Waals surface area contributed by atoms with Crippen LogP contribution in [0.3, 0.4) is 0 Å². The highest BCUT2D eigenvalue weighted by Gasteiger charge is 2.24. The van der Waals surface area contributed by atoms with E-state index in [2.05, 4.69) is 17.1 Å². The molecule has 1 aliphatic rings. The molecule has 1 saturated heterocycles. The van der Waals surface area contributed by atoms with Gasteiger partial charge < -0.3 is 24.4 Å². The van der Waals surface area contributed by atoms with Crippen LogP contribution in [-0.4, -0.2) is 45.5 Å². The normalized spacial score (nSPS) is 20.2. The number of quaternary nitrogens is 2. The van der Waals surface area contributed by atoms with Crippen LogP contribution >= 0.6 is 0 Å². The average Bonchev–Trinajstić information content (AvgIpc) is 2.65. The third-order valence-corrected chi connectivity index (χ3v) is 4.90. The first kappa shape index (κ1) is 17.5. The summed E-state index contributed by atoms with van der Waals surface area (Å²) in [7, 11) is 3.13. The van der Waals surface area contributed by atoms with Crippen molar-refractivity contribution in [1.82, 2.24) is 0 Å². The number of aromatic amines is 1. The van der Waals surface area contributed by atoms with E-state index in [-0.39, 0.29) is 5.75 Å². The van der Waals surface area contributed by atoms with Crippen LogP contribution in [0, 0.1) is 0 Å². The molecule has 2 heterocycles. The van der Waals surface area contributed by atoms with Crippen LogP contribution in [0.5, 0.6) is 17.2 Å². The molecular weight excluding hydrogens is 318 g/mol. The zero-order valence-corrected chi connectivity index (χ0v) is 15.0. The fourth-order valence-electron chi connectivity index (χ4n) is 3.48. The Kier molecular flexibility index (Phi) is 5.73. The lowest BCUT2D eigenvalue weighted by molar-refractivity contribution is -1.02. The maximum Gasteiger partial charge on any atom is 0.200 e. The van der Waals surface area contributed by atoms with Gasteiger partial charge in [-0.3, -0.25) is 0 Å². The van der Waals surface area contributed by atoms with Crippen LogP contribution in [0.25, 0.3) is 0 Å². The van der Waals surface area contributed by atoms with Gasteiger partial charge in [0.05, 0.1) is 14.2 Å². The van der Waals surface area contributed by atoms with Crippen LogP contribution < -0.4 is 24.3 Å². The summed E-state index contributed by atoms with van der Waals surface area (Å²) < 4.78 is 10.5. The Morgan fingerprint density at radius 3 is 1.84 bits per heavy atom. The molecule has 1 aromatic carbocycles. The molecule has 1 fully saturated rings. The van der Waals surface area contributed by atoms with E-state index in [1.807, 2.05) is 24.5 Å². The van der Waals surface area contributed by atoms with Crippen LogP contribution in [0.4, 0.5) is 0 Å². The standard InChI is InChI=1S/C19H25N3O3/c1-24-17-11-16(12-18(25-2)19(17)23)14-22-9-7-21(8-10-22)13-15-3-5-20-6-4-15/h3-6,11-12,23H,7-10,13-14H2,1-2H3/p+3. The molecule has 0 spiro atoms. The molecule has 3 rings (SSSR count). The molecule has 0 aliphatic carbocycles. The van der Waals surface area contributed by atoms with E-state index in [0.717, 1.165) is 31.7 Å². The largest absolute Gasteiger partial charge is 0.502 e. The topological polar surface area (TPSA) is 61.7 Å². The van der Waals surface area contributed by atoms with E-state index in [9.17, 15) is 5.11 Å². The van der Waals surface area contributed by atoms with Crippen molar-refractivity contribution in [2.24, 2.45) is 0 Å². The lowest BCUT2D eigenvalue weighted by Crippen LogP contribution is -3.27. The number of H-pyrrole nitrogens is 1. The molecule has 6 nitrogen and oxygen atoms in total. The lowest BCUT2D eigenvalue weighted by Gasteiger charge is -2.29. The molecule has 134 valence electrons. The summed E-state index contributed by atoms with van der Waals surface area (Å²) in [5.74, 6) is 1.01. The van der Waals surface area contributed by atoms with E-state index >= 15 is 0 Å². The van der Waals surface area contributed by atoms with E-state index in [0.29, 0.717) is 11.5 Å². The summed E-state index contributed by atoms with van der Waals surface area (Å²) in [5.41, 5.74) is 2.51. The van der Waals surface area contributed by atoms with Crippen molar-refractivity contribution in [1.29, 1.82) is 0 Å². The molecule has 2 aromatic rings. The summed E-state index contributed by atoms with van der Waals surface area (Å²) >= 11 is 0. The van der Waals surface area contributed by atoms with Crippen molar-refractivity contribution < 1.29 is 29.4 Å². The smallest absolute Gasteiger partial charge is 0.200 e. The minimum absolute atomic E-state index is 0.0677. The number of rotatable bonds is 6. The predicted octanol–water partition coefficient (Wildman–Crippen LogP) is -1.29. The second-order valence-corrected chi connectivity index (χ2v) is 6.61. The highest BCUT2D eigenvalue weighted by atomic mass is 16.5. The summed E-state index contributed by atoms with van der Waals surface area (Å²) in [6, 6.07) is 8.12. The quantitative estimate of drug-likeness (QED) is 0.610. The van der Waals surface area contributed by atoms with Crippen molar-refractivity contribution >= 4 is 0 Å². The lowest BCUT2D eigenvalue weighted by atomic mass is 10.1. The third kappa shape index (κ3) is 4.41. The molecule has 6 heteroatoms. The van der Waals surface area contributed by atoms with Gasteiger partial charge in [0.15, 0.2) is 23.9 Å². The SMILES string of the molecule is COc1cc(C[NH+]2CC[NH+](Cc3cc[nH+]cc3)CC2)cc(OC)c1O. The van der Waals surface area contributed by atoms with Gasteiger partial charge in [-0.25, -0.2) is 4.98 Å². The number of hydrogen-bond donors (Lipinski definition) is 3. The Bertz CT molecular complexity index is 661. The summed E-state index contributed by atoms with van der Waals surface area (Å²) in [6.45, 7) is 6.61. The Morgan fingerprint density at radius 1 is 0.880 bits per heavy atom. The predicted molar refractivity (Wildman–Crippen MR) is 93.0 cm³/mol. The maximum atomic E-state index is 10.0. The van der Waals surface area contributed by atoms with Gasteiger partial charge in [0.25, 0.3) is 0 Å². The highest BCUT2D eigenvalue weighted by molar-refractivity contribution is 5.52. The number of benzene rings is 1. The molecular formula is C19H28N3O3+3. The second kappa shape index (κ2) is 8.18. The van der Waals surface area contributed by atoms with Crippen molar-refractivity contribution in [2.45, 2.75) is 13.1 Å². The van der Waals surface area contributed by atoms with Gasteiger partial charge in [0, 0.05) is 23.3 Å². The maximum absolute atomic E-state index is 10.0. The molecule has 1 aliphatic heterocycles. The molecule has 0 atom stereocenters. The molecule has 0 unspecified atom stereocenters. The molecule has 0 radical (unpaired) electrons. The molecule has 0 amide bonds. The molecule has 4 N–H and O–H groups in total. The zero-order valence-electron chi connectivity index (χ0n) is 15.0. The number of ether oxygens (including phenoxy) is 2. The van der Waals surface area contributed by atoms with Crippen LogP contribution in [0.1, 0.15) is 11.1 Å². The van der Waals surface area contributed by atoms with Gasteiger partial charge in [-0.1, -0.05) is 0 Å². The van der Waals surface area contributed by atoms with Gasteiger partial charge in [-0.05, 0) is 12.1 Å². The average molecular weight is 346 g/mol. The molecule has 25 heavy (non-hydrogen) atoms. The number of nitrogens with one attached hydrogen (secondary N) is 3. The summed E-state index contributed by atoms with van der Waals surface area (Å²) in [6.07, 6.45) is 3.98. The van der Waals surface area contributed by atoms with Gasteiger partial charge in [-0.2, -0.15) is 0 Å². The monoisotopic (exact) mass is 346 g/mol. The van der Waals surface area contributed by atoms with Crippen molar-refractivity contribution in [3.05, 3.63) is 47.8 Å². The molecule has 1 aromatic heterocycles. The van der Waals surface area contributed by atoms with Crippen molar-refractivity contribution in [3.63, 3.8) is 0 Å². The number of phenols is 1. The first-order valence-electron chi connectivity index (χ1n) is 8.75. The Hall–Kier alpha value is -2.31. The van der Waals surface area contributed by atoms with Gasteiger partial charge in [-0.15, -0.1) is 0 Å². The van der Waals surface area contributed by atoms with Crippen molar-refractivity contribution in [3.8, 4) is 17.2 Å². The van der Waals surface area contributed by atoms with Crippen LogP contribution in [-0.2, 0) is 13.1 Å². The van der Waals surface area contributed by atoms with Gasteiger partial charge in [0.1, 0.15) is 39.3 Å². The van der Waals surface area contributed by atoms with Gasteiger partial charge >= 0.3 is 0 Å². The highest BCUT2D eigenvalue weighted by Crippen LogP contribution is 2.36. The first-order chi connectivity index (χ1) is 12.2. The number of aromatic nitrogens is 1. The van der Waals surface area contributed by atoms with Crippen LogP contribution in [0.2, 0.25) is 0 Å². The minimum Gasteiger partial charge on any atom is -0.502 e. The van der Waals surface area contributed by atoms with Crippen LogP contribution in [0.15, 0.2) is 36.7 Å². The Balaban J connectivity index is 1.57. The fourth-order valence-corrected chi connectivity index (χ4v) is 3.48. The van der Waals surface area contributed by atoms with E-state index in [1.165, 1.54) is 18.7 Å². The van der Waals surface area contributed by atoms with E-state index in [1.54, 1.807) is 24.0 Å². The van der Waals surface area contributed by atoms with Gasteiger partial charge in [0.2, 0.25) is 5.75 Å². The number of piperazine rings is 1. The number of methoxy groups -OCH3 is 2. The molecule has 0 saturated carbocycles. The number of pyridine rings is 1. The minimum atomic E-state index is 0.0677.